The van der Waals surface area contributed by atoms with Gasteiger partial charge in [-0.15, -0.1) is 0 Å². The summed E-state index contributed by atoms with van der Waals surface area (Å²) in [7, 11) is 1.92. The summed E-state index contributed by atoms with van der Waals surface area (Å²) in [5.74, 6) is 1.44. The number of rotatable bonds is 5. The largest absolute Gasteiger partial charge is 0.486 e. The maximum Gasteiger partial charge on any atom is 0.241 e. The van der Waals surface area contributed by atoms with Crippen molar-refractivity contribution in [3.05, 3.63) is 53.1 Å². The smallest absolute Gasteiger partial charge is 0.241 e. The van der Waals surface area contributed by atoms with Crippen LogP contribution in [0.1, 0.15) is 12.5 Å². The highest BCUT2D eigenvalue weighted by atomic mass is 35.5. The molecule has 1 aliphatic rings. The van der Waals surface area contributed by atoms with Crippen molar-refractivity contribution in [3.8, 4) is 11.5 Å². The first-order valence-corrected chi connectivity index (χ1v) is 8.56. The summed E-state index contributed by atoms with van der Waals surface area (Å²) in [5, 5.41) is 3.48. The molecule has 132 valence electrons. The number of halogens is 1. The van der Waals surface area contributed by atoms with Gasteiger partial charge in [-0.1, -0.05) is 23.7 Å². The van der Waals surface area contributed by atoms with Crippen LogP contribution < -0.4 is 14.8 Å². The Balaban J connectivity index is 1.62. The average molecular weight is 361 g/mol. The summed E-state index contributed by atoms with van der Waals surface area (Å²) < 4.78 is 11.1. The molecular formula is C19H21ClN2O3. The number of benzene rings is 2. The van der Waals surface area contributed by atoms with E-state index in [9.17, 15) is 4.79 Å². The zero-order valence-corrected chi connectivity index (χ0v) is 15.0. The molecule has 0 bridgehead atoms. The first kappa shape index (κ1) is 17.6. The van der Waals surface area contributed by atoms with Crippen LogP contribution in [0.25, 0.3) is 0 Å². The van der Waals surface area contributed by atoms with E-state index in [1.807, 2.05) is 49.2 Å². The first-order chi connectivity index (χ1) is 12.0. The number of fused-ring (bicyclic) bond motifs is 1. The molecule has 2 aromatic carbocycles. The quantitative estimate of drug-likeness (QED) is 0.885. The minimum atomic E-state index is -0.299. The van der Waals surface area contributed by atoms with Crippen LogP contribution in [-0.4, -0.2) is 37.1 Å². The van der Waals surface area contributed by atoms with E-state index in [0.29, 0.717) is 30.5 Å². The van der Waals surface area contributed by atoms with Gasteiger partial charge in [-0.25, -0.2) is 0 Å². The molecular weight excluding hydrogens is 340 g/mol. The van der Waals surface area contributed by atoms with Crippen LogP contribution in [0.5, 0.6) is 11.5 Å². The summed E-state index contributed by atoms with van der Waals surface area (Å²) in [6, 6.07) is 12.7. The highest BCUT2D eigenvalue weighted by Crippen LogP contribution is 2.31. The Labute approximate surface area is 152 Å². The normalized spacial score (nSPS) is 14.2. The van der Waals surface area contributed by atoms with Crippen LogP contribution >= 0.6 is 11.6 Å². The van der Waals surface area contributed by atoms with Gasteiger partial charge in [0.2, 0.25) is 5.91 Å². The molecule has 1 heterocycles. The number of hydrogen-bond donors (Lipinski definition) is 1. The molecule has 1 unspecified atom stereocenters. The monoisotopic (exact) mass is 360 g/mol. The van der Waals surface area contributed by atoms with Crippen molar-refractivity contribution in [1.82, 2.24) is 4.90 Å². The van der Waals surface area contributed by atoms with Crippen molar-refractivity contribution in [3.63, 3.8) is 0 Å². The predicted molar refractivity (Wildman–Crippen MR) is 98.4 cm³/mol. The SMILES string of the molecule is CC(C(=O)Nc1cccc(Cl)c1)N(C)Cc1ccc2c(c1)OCCO2. The number of ether oxygens (including phenoxy) is 2. The van der Waals surface area contributed by atoms with Crippen LogP contribution in [0.15, 0.2) is 42.5 Å². The maximum absolute atomic E-state index is 12.4. The van der Waals surface area contributed by atoms with Gasteiger partial charge in [-0.3, -0.25) is 9.69 Å². The van der Waals surface area contributed by atoms with Gasteiger partial charge >= 0.3 is 0 Å². The maximum atomic E-state index is 12.4. The highest BCUT2D eigenvalue weighted by Gasteiger charge is 2.19. The van der Waals surface area contributed by atoms with Crippen molar-refractivity contribution in [2.24, 2.45) is 0 Å². The lowest BCUT2D eigenvalue weighted by Gasteiger charge is -2.25. The van der Waals surface area contributed by atoms with Crippen LogP contribution in [0.4, 0.5) is 5.69 Å². The van der Waals surface area contributed by atoms with Gasteiger partial charge in [-0.05, 0) is 49.9 Å². The van der Waals surface area contributed by atoms with Gasteiger partial charge in [0.15, 0.2) is 11.5 Å². The molecule has 1 amide bonds. The summed E-state index contributed by atoms with van der Waals surface area (Å²) in [5.41, 5.74) is 1.76. The number of likely N-dealkylation sites (N-methyl/N-ethyl adjacent to an activating group) is 1. The van der Waals surface area contributed by atoms with Gasteiger partial charge in [-0.2, -0.15) is 0 Å². The van der Waals surface area contributed by atoms with Gasteiger partial charge in [0.25, 0.3) is 0 Å². The van der Waals surface area contributed by atoms with E-state index in [1.54, 1.807) is 12.1 Å². The number of carbonyl (C=O) groups excluding carboxylic acids is 1. The van der Waals surface area contributed by atoms with Crippen LogP contribution in [0.3, 0.4) is 0 Å². The van der Waals surface area contributed by atoms with Crippen molar-refractivity contribution in [1.29, 1.82) is 0 Å². The molecule has 25 heavy (non-hydrogen) atoms. The Kier molecular flexibility index (Phi) is 5.46. The van der Waals surface area contributed by atoms with E-state index in [4.69, 9.17) is 21.1 Å². The van der Waals surface area contributed by atoms with Gasteiger partial charge in [0.05, 0.1) is 6.04 Å². The molecule has 0 aliphatic carbocycles. The van der Waals surface area contributed by atoms with Crippen molar-refractivity contribution >= 4 is 23.2 Å². The number of amides is 1. The fraction of sp³-hybridized carbons (Fsp3) is 0.316. The minimum Gasteiger partial charge on any atom is -0.486 e. The van der Waals surface area contributed by atoms with Gasteiger partial charge in [0.1, 0.15) is 13.2 Å². The molecule has 5 nitrogen and oxygen atoms in total. The second-order valence-corrected chi connectivity index (χ2v) is 6.51. The molecule has 3 rings (SSSR count). The third-order valence-electron chi connectivity index (χ3n) is 4.17. The number of nitrogens with one attached hydrogen (secondary N) is 1. The third kappa shape index (κ3) is 4.44. The molecule has 0 aromatic heterocycles. The second kappa shape index (κ2) is 7.76. The van der Waals surface area contributed by atoms with Crippen molar-refractivity contribution in [2.75, 3.05) is 25.6 Å². The first-order valence-electron chi connectivity index (χ1n) is 8.18. The molecule has 0 radical (unpaired) electrons. The Morgan fingerprint density at radius 1 is 1.20 bits per heavy atom. The third-order valence-corrected chi connectivity index (χ3v) is 4.41. The highest BCUT2D eigenvalue weighted by molar-refractivity contribution is 6.30. The molecule has 6 heteroatoms. The average Bonchev–Trinajstić information content (AvgIpc) is 2.61. The fourth-order valence-corrected chi connectivity index (χ4v) is 2.81. The molecule has 0 saturated heterocycles. The topological polar surface area (TPSA) is 50.8 Å². The predicted octanol–water partition coefficient (Wildman–Crippen LogP) is 3.57. The van der Waals surface area contributed by atoms with E-state index in [2.05, 4.69) is 5.32 Å². The van der Waals surface area contributed by atoms with Crippen molar-refractivity contribution in [2.45, 2.75) is 19.5 Å². The molecule has 0 saturated carbocycles. The summed E-state index contributed by atoms with van der Waals surface area (Å²) in [6.45, 7) is 3.64. The summed E-state index contributed by atoms with van der Waals surface area (Å²) in [4.78, 5) is 14.4. The molecule has 1 aliphatic heterocycles. The lowest BCUT2D eigenvalue weighted by atomic mass is 10.1. The summed E-state index contributed by atoms with van der Waals surface area (Å²) in [6.07, 6.45) is 0. The Bertz CT molecular complexity index is 766. The van der Waals surface area contributed by atoms with Crippen LogP contribution in [0, 0.1) is 0 Å². The van der Waals surface area contributed by atoms with Gasteiger partial charge in [0, 0.05) is 17.3 Å². The van der Waals surface area contributed by atoms with E-state index >= 15 is 0 Å². The number of hydrogen-bond acceptors (Lipinski definition) is 4. The number of carbonyl (C=O) groups is 1. The molecule has 1 N–H and O–H groups in total. The van der Waals surface area contributed by atoms with E-state index < -0.39 is 0 Å². The molecule has 1 atom stereocenters. The Hall–Kier alpha value is -2.24. The fourth-order valence-electron chi connectivity index (χ4n) is 2.62. The van der Waals surface area contributed by atoms with Crippen LogP contribution in [-0.2, 0) is 11.3 Å². The minimum absolute atomic E-state index is 0.0812. The number of nitrogens with zero attached hydrogens (tertiary/aromatic N) is 1. The Morgan fingerprint density at radius 3 is 2.72 bits per heavy atom. The standard InChI is InChI=1S/C19H21ClN2O3/c1-13(19(23)21-16-5-3-4-15(20)11-16)22(2)12-14-6-7-17-18(10-14)25-9-8-24-17/h3-7,10-11,13H,8-9,12H2,1-2H3,(H,21,23). The van der Waals surface area contributed by atoms with Crippen LogP contribution in [0.2, 0.25) is 5.02 Å². The van der Waals surface area contributed by atoms with E-state index in [0.717, 1.165) is 17.1 Å². The zero-order valence-electron chi connectivity index (χ0n) is 14.3. The lowest BCUT2D eigenvalue weighted by molar-refractivity contribution is -0.120. The molecule has 2 aromatic rings. The second-order valence-electron chi connectivity index (χ2n) is 6.07. The van der Waals surface area contributed by atoms with E-state index in [1.165, 1.54) is 0 Å². The van der Waals surface area contributed by atoms with Crippen molar-refractivity contribution < 1.29 is 14.3 Å². The Morgan fingerprint density at radius 2 is 1.96 bits per heavy atom. The molecule has 0 spiro atoms. The number of anilines is 1. The summed E-state index contributed by atoms with van der Waals surface area (Å²) >= 11 is 5.95. The van der Waals surface area contributed by atoms with E-state index in [-0.39, 0.29) is 11.9 Å². The zero-order chi connectivity index (χ0) is 17.8. The lowest BCUT2D eigenvalue weighted by Crippen LogP contribution is -2.39. The van der Waals surface area contributed by atoms with Gasteiger partial charge < -0.3 is 14.8 Å². The molecule has 0 fully saturated rings.